The summed E-state index contributed by atoms with van der Waals surface area (Å²) in [5.41, 5.74) is 8.15. The topological polar surface area (TPSA) is 83.5 Å². The van der Waals surface area contributed by atoms with Crippen molar-refractivity contribution in [1.29, 1.82) is 0 Å². The largest absolute Gasteiger partial charge is 0.487 e. The molecule has 1 aromatic heterocycles. The summed E-state index contributed by atoms with van der Waals surface area (Å²) in [4.78, 5) is 14.8. The number of hydrogen-bond donors (Lipinski definition) is 3. The maximum Gasteiger partial charge on any atom is 0.303 e. The molecular weight excluding hydrogens is 325 g/mol. The van der Waals surface area contributed by atoms with E-state index >= 15 is 0 Å². The van der Waals surface area contributed by atoms with Gasteiger partial charge in [-0.15, -0.1) is 0 Å². The number of rotatable bonds is 7. The van der Waals surface area contributed by atoms with Gasteiger partial charge in [-0.1, -0.05) is 24.3 Å². The molecule has 0 bridgehead atoms. The Morgan fingerprint density at radius 1 is 1.36 bits per heavy atom. The van der Waals surface area contributed by atoms with E-state index in [1.807, 2.05) is 24.3 Å². The maximum atomic E-state index is 14.2. The number of aliphatic carboxylic acids is 1. The van der Waals surface area contributed by atoms with Gasteiger partial charge in [0.2, 0.25) is 0 Å². The van der Waals surface area contributed by atoms with Crippen molar-refractivity contribution in [3.05, 3.63) is 59.2 Å². The first kappa shape index (κ1) is 17.3. The van der Waals surface area contributed by atoms with Crippen molar-refractivity contribution >= 4 is 5.97 Å². The van der Waals surface area contributed by atoms with E-state index in [1.54, 1.807) is 0 Å². The van der Waals surface area contributed by atoms with Crippen LogP contribution in [0.1, 0.15) is 35.7 Å². The van der Waals surface area contributed by atoms with Gasteiger partial charge in [-0.05, 0) is 24.0 Å². The zero-order chi connectivity index (χ0) is 17.6. The van der Waals surface area contributed by atoms with Crippen LogP contribution < -0.4 is 15.6 Å². The zero-order valence-electron chi connectivity index (χ0n) is 13.7. The Morgan fingerprint density at radius 2 is 2.20 bits per heavy atom. The molecule has 1 aliphatic heterocycles. The standard InChI is InChI=1S/C18H20FN3O3/c19-15-9-14(10-20-18(15)16-6-7-21-22-16)25-11-13-3-1-2-12(8-13)4-5-17(23)24/h1-3,8-10,16,21-22H,4-7,11H2,(H,23,24). The summed E-state index contributed by atoms with van der Waals surface area (Å²) in [6, 6.07) is 8.74. The lowest BCUT2D eigenvalue weighted by Crippen LogP contribution is -2.25. The highest BCUT2D eigenvalue weighted by molar-refractivity contribution is 5.67. The molecule has 2 aromatic rings. The summed E-state index contributed by atoms with van der Waals surface area (Å²) in [7, 11) is 0. The predicted molar refractivity (Wildman–Crippen MR) is 89.4 cm³/mol. The highest BCUT2D eigenvalue weighted by Crippen LogP contribution is 2.23. The number of halogens is 1. The quantitative estimate of drug-likeness (QED) is 0.714. The number of ether oxygens (including phenoxy) is 1. The van der Waals surface area contributed by atoms with E-state index in [4.69, 9.17) is 9.84 Å². The average Bonchev–Trinajstić information content (AvgIpc) is 3.13. The summed E-state index contributed by atoms with van der Waals surface area (Å²) in [6.07, 6.45) is 2.86. The normalized spacial score (nSPS) is 16.8. The first-order valence-corrected chi connectivity index (χ1v) is 8.18. The molecule has 0 radical (unpaired) electrons. The van der Waals surface area contributed by atoms with Crippen LogP contribution >= 0.6 is 0 Å². The summed E-state index contributed by atoms with van der Waals surface area (Å²) < 4.78 is 19.8. The van der Waals surface area contributed by atoms with Gasteiger partial charge in [0.1, 0.15) is 18.2 Å². The Morgan fingerprint density at radius 3 is 2.92 bits per heavy atom. The first-order valence-electron chi connectivity index (χ1n) is 8.18. The van der Waals surface area contributed by atoms with Gasteiger partial charge in [0.05, 0.1) is 17.9 Å². The van der Waals surface area contributed by atoms with Crippen LogP contribution in [0.25, 0.3) is 0 Å². The number of nitrogens with zero attached hydrogens (tertiary/aromatic N) is 1. The third-order valence-corrected chi connectivity index (χ3v) is 4.03. The fourth-order valence-corrected chi connectivity index (χ4v) is 2.75. The molecule has 0 spiro atoms. The molecule has 6 nitrogen and oxygen atoms in total. The van der Waals surface area contributed by atoms with Gasteiger partial charge in [-0.3, -0.25) is 15.2 Å². The minimum Gasteiger partial charge on any atom is -0.487 e. The van der Waals surface area contributed by atoms with Gasteiger partial charge < -0.3 is 9.84 Å². The lowest BCUT2D eigenvalue weighted by molar-refractivity contribution is -0.136. The molecular formula is C18H20FN3O3. The number of carboxylic acids is 1. The second-order valence-corrected chi connectivity index (χ2v) is 5.95. The number of carbonyl (C=O) groups is 1. The zero-order valence-corrected chi connectivity index (χ0v) is 13.7. The molecule has 1 aromatic carbocycles. The molecule has 0 aliphatic carbocycles. The molecule has 25 heavy (non-hydrogen) atoms. The molecule has 0 saturated carbocycles. The van der Waals surface area contributed by atoms with Gasteiger partial charge in [-0.25, -0.2) is 9.82 Å². The summed E-state index contributed by atoms with van der Waals surface area (Å²) in [6.45, 7) is 1.05. The Labute approximate surface area is 145 Å². The Hall–Kier alpha value is -2.51. The number of aryl methyl sites for hydroxylation is 1. The van der Waals surface area contributed by atoms with Crippen molar-refractivity contribution in [2.75, 3.05) is 6.54 Å². The van der Waals surface area contributed by atoms with Gasteiger partial charge in [0, 0.05) is 19.0 Å². The molecule has 1 atom stereocenters. The number of nitrogens with one attached hydrogen (secondary N) is 2. The monoisotopic (exact) mass is 345 g/mol. The number of hydrogen-bond acceptors (Lipinski definition) is 5. The number of aromatic nitrogens is 1. The predicted octanol–water partition coefficient (Wildman–Crippen LogP) is 2.36. The molecule has 1 fully saturated rings. The summed E-state index contributed by atoms with van der Waals surface area (Å²) in [5, 5.41) is 8.75. The fraction of sp³-hybridized carbons (Fsp3) is 0.333. The SMILES string of the molecule is O=C(O)CCc1cccc(COc2cnc(C3CCNN3)c(F)c2)c1. The third kappa shape index (κ3) is 4.74. The smallest absolute Gasteiger partial charge is 0.303 e. The molecule has 0 amide bonds. The molecule has 3 N–H and O–H groups in total. The highest BCUT2D eigenvalue weighted by Gasteiger charge is 2.21. The molecule has 1 saturated heterocycles. The van der Waals surface area contributed by atoms with Gasteiger partial charge in [0.25, 0.3) is 0 Å². The van der Waals surface area contributed by atoms with Crippen LogP contribution in [0.3, 0.4) is 0 Å². The second-order valence-electron chi connectivity index (χ2n) is 5.95. The molecule has 1 unspecified atom stereocenters. The van der Waals surface area contributed by atoms with Crippen molar-refractivity contribution in [3.63, 3.8) is 0 Å². The maximum absolute atomic E-state index is 14.2. The van der Waals surface area contributed by atoms with E-state index in [2.05, 4.69) is 15.8 Å². The van der Waals surface area contributed by atoms with Crippen LogP contribution in [0.15, 0.2) is 36.5 Å². The highest BCUT2D eigenvalue weighted by atomic mass is 19.1. The lowest BCUT2D eigenvalue weighted by atomic mass is 10.1. The molecule has 132 valence electrons. The number of carboxylic acid groups (broad SMARTS) is 1. The minimum absolute atomic E-state index is 0.0883. The van der Waals surface area contributed by atoms with Crippen LogP contribution in [0.2, 0.25) is 0 Å². The van der Waals surface area contributed by atoms with E-state index in [0.29, 0.717) is 17.9 Å². The Bertz CT molecular complexity index is 748. The number of hydrazine groups is 1. The molecule has 7 heteroatoms. The van der Waals surface area contributed by atoms with Crippen LogP contribution in [0.5, 0.6) is 5.75 Å². The van der Waals surface area contributed by atoms with E-state index in [1.165, 1.54) is 12.3 Å². The van der Waals surface area contributed by atoms with Gasteiger partial charge in [-0.2, -0.15) is 0 Å². The molecule has 3 rings (SSSR count). The van der Waals surface area contributed by atoms with E-state index in [-0.39, 0.29) is 19.1 Å². The lowest BCUT2D eigenvalue weighted by Gasteiger charge is -2.12. The number of benzene rings is 1. The van der Waals surface area contributed by atoms with Crippen LogP contribution in [0, 0.1) is 5.82 Å². The third-order valence-electron chi connectivity index (χ3n) is 4.03. The molecule has 2 heterocycles. The average molecular weight is 345 g/mol. The van der Waals surface area contributed by atoms with Crippen molar-refractivity contribution in [1.82, 2.24) is 15.8 Å². The summed E-state index contributed by atoms with van der Waals surface area (Å²) >= 11 is 0. The van der Waals surface area contributed by atoms with Crippen LogP contribution in [0.4, 0.5) is 4.39 Å². The van der Waals surface area contributed by atoms with Crippen LogP contribution in [-0.4, -0.2) is 22.6 Å². The Balaban J connectivity index is 1.60. The van der Waals surface area contributed by atoms with E-state index in [9.17, 15) is 9.18 Å². The van der Waals surface area contributed by atoms with Gasteiger partial charge >= 0.3 is 5.97 Å². The van der Waals surface area contributed by atoms with E-state index in [0.717, 1.165) is 24.1 Å². The summed E-state index contributed by atoms with van der Waals surface area (Å²) in [5.74, 6) is -0.854. The van der Waals surface area contributed by atoms with Crippen molar-refractivity contribution < 1.29 is 19.0 Å². The minimum atomic E-state index is -0.824. The van der Waals surface area contributed by atoms with E-state index < -0.39 is 11.8 Å². The van der Waals surface area contributed by atoms with Gasteiger partial charge in [0.15, 0.2) is 0 Å². The van der Waals surface area contributed by atoms with Crippen molar-refractivity contribution in [2.45, 2.75) is 31.9 Å². The van der Waals surface area contributed by atoms with Crippen molar-refractivity contribution in [3.8, 4) is 5.75 Å². The molecule has 1 aliphatic rings. The van der Waals surface area contributed by atoms with Crippen molar-refractivity contribution in [2.24, 2.45) is 0 Å². The van der Waals surface area contributed by atoms with Crippen LogP contribution in [-0.2, 0) is 17.8 Å². The second kappa shape index (κ2) is 8.04. The Kier molecular flexibility index (Phi) is 5.57. The first-order chi connectivity index (χ1) is 12.1. The number of pyridine rings is 1. The fourth-order valence-electron chi connectivity index (χ4n) is 2.75.